The summed E-state index contributed by atoms with van der Waals surface area (Å²) < 4.78 is 41.4. The normalized spacial score (nSPS) is 12.9. The molecule has 1 unspecified atom stereocenters. The molecule has 1 heterocycles. The lowest BCUT2D eigenvalue weighted by Crippen LogP contribution is -2.17. The van der Waals surface area contributed by atoms with Gasteiger partial charge in [-0.25, -0.2) is 9.67 Å². The number of benzene rings is 1. The van der Waals surface area contributed by atoms with Crippen molar-refractivity contribution >= 4 is 5.78 Å². The average Bonchev–Trinajstić information content (AvgIpc) is 2.98. The van der Waals surface area contributed by atoms with Gasteiger partial charge in [-0.1, -0.05) is 12.1 Å². The van der Waals surface area contributed by atoms with Crippen molar-refractivity contribution in [2.45, 2.75) is 32.2 Å². The Morgan fingerprint density at radius 1 is 1.32 bits per heavy atom. The predicted molar refractivity (Wildman–Crippen MR) is 71.2 cm³/mol. The van der Waals surface area contributed by atoms with Crippen LogP contribution in [0, 0.1) is 0 Å². The second-order valence-corrected chi connectivity index (χ2v) is 4.71. The molecule has 0 amide bonds. The number of carbonyl (C=O) groups is 1. The maximum absolute atomic E-state index is 12.0. The van der Waals surface area contributed by atoms with E-state index in [9.17, 15) is 18.0 Å². The van der Waals surface area contributed by atoms with Crippen LogP contribution in [-0.4, -0.2) is 26.9 Å². The standard InChI is InChI=1S/C14H14F3N3O2/c1-10(20-9-18-8-19-20)13(21)7-4-11-2-5-12(6-3-11)22-14(15,16)17/h2-3,5-6,8-10H,4,7H2,1H3. The third kappa shape index (κ3) is 4.57. The first-order chi connectivity index (χ1) is 10.3. The molecule has 22 heavy (non-hydrogen) atoms. The summed E-state index contributed by atoms with van der Waals surface area (Å²) in [5, 5.41) is 3.90. The van der Waals surface area contributed by atoms with E-state index in [2.05, 4.69) is 14.8 Å². The number of alkyl halides is 3. The summed E-state index contributed by atoms with van der Waals surface area (Å²) in [6, 6.07) is 5.06. The van der Waals surface area contributed by atoms with Gasteiger partial charge >= 0.3 is 6.36 Å². The van der Waals surface area contributed by atoms with Crippen molar-refractivity contribution in [3.63, 3.8) is 0 Å². The second kappa shape index (κ2) is 6.59. The lowest BCUT2D eigenvalue weighted by Gasteiger charge is -2.11. The fourth-order valence-electron chi connectivity index (χ4n) is 1.90. The third-order valence-electron chi connectivity index (χ3n) is 3.12. The minimum Gasteiger partial charge on any atom is -0.406 e. The largest absolute Gasteiger partial charge is 0.573 e. The molecule has 5 nitrogen and oxygen atoms in total. The lowest BCUT2D eigenvalue weighted by atomic mass is 10.0. The van der Waals surface area contributed by atoms with Crippen molar-refractivity contribution in [2.75, 3.05) is 0 Å². The number of aromatic nitrogens is 3. The van der Waals surface area contributed by atoms with Crippen LogP contribution in [0.15, 0.2) is 36.9 Å². The van der Waals surface area contributed by atoms with E-state index < -0.39 is 12.4 Å². The Bertz CT molecular complexity index is 609. The maximum atomic E-state index is 12.0. The van der Waals surface area contributed by atoms with Crippen LogP contribution in [0.4, 0.5) is 13.2 Å². The molecule has 0 saturated heterocycles. The van der Waals surface area contributed by atoms with Crippen molar-refractivity contribution < 1.29 is 22.7 Å². The van der Waals surface area contributed by atoms with Gasteiger partial charge in [0.25, 0.3) is 0 Å². The SMILES string of the molecule is CC(C(=O)CCc1ccc(OC(F)(F)F)cc1)n1cncn1. The highest BCUT2D eigenvalue weighted by molar-refractivity contribution is 5.82. The highest BCUT2D eigenvalue weighted by Crippen LogP contribution is 2.23. The molecule has 0 aliphatic carbocycles. The maximum Gasteiger partial charge on any atom is 0.573 e. The van der Waals surface area contributed by atoms with Crippen molar-refractivity contribution in [3.05, 3.63) is 42.5 Å². The van der Waals surface area contributed by atoms with E-state index in [4.69, 9.17) is 0 Å². The topological polar surface area (TPSA) is 57.0 Å². The van der Waals surface area contributed by atoms with Crippen LogP contribution >= 0.6 is 0 Å². The summed E-state index contributed by atoms with van der Waals surface area (Å²) in [6.45, 7) is 1.72. The van der Waals surface area contributed by atoms with E-state index in [1.165, 1.54) is 41.6 Å². The molecule has 1 aromatic heterocycles. The van der Waals surface area contributed by atoms with Gasteiger partial charge in [-0.3, -0.25) is 4.79 Å². The summed E-state index contributed by atoms with van der Waals surface area (Å²) in [4.78, 5) is 15.8. The molecule has 0 saturated carbocycles. The van der Waals surface area contributed by atoms with Crippen LogP contribution in [0.25, 0.3) is 0 Å². The molecule has 118 valence electrons. The summed E-state index contributed by atoms with van der Waals surface area (Å²) >= 11 is 0. The first kappa shape index (κ1) is 16.0. The van der Waals surface area contributed by atoms with Crippen molar-refractivity contribution in [3.8, 4) is 5.75 Å². The Morgan fingerprint density at radius 3 is 2.55 bits per heavy atom. The molecule has 0 radical (unpaired) electrons. The van der Waals surface area contributed by atoms with Crippen LogP contribution in [-0.2, 0) is 11.2 Å². The lowest BCUT2D eigenvalue weighted by molar-refractivity contribution is -0.274. The highest BCUT2D eigenvalue weighted by atomic mass is 19.4. The number of carbonyl (C=O) groups excluding carboxylic acids is 1. The van der Waals surface area contributed by atoms with E-state index in [-0.39, 0.29) is 18.0 Å². The Hall–Kier alpha value is -2.38. The van der Waals surface area contributed by atoms with Gasteiger partial charge in [-0.15, -0.1) is 13.2 Å². The van der Waals surface area contributed by atoms with E-state index in [0.29, 0.717) is 6.42 Å². The molecular formula is C14H14F3N3O2. The molecule has 2 rings (SSSR count). The monoisotopic (exact) mass is 313 g/mol. The molecule has 2 aromatic rings. The molecule has 1 atom stereocenters. The zero-order valence-corrected chi connectivity index (χ0v) is 11.7. The quantitative estimate of drug-likeness (QED) is 0.823. The van der Waals surface area contributed by atoms with E-state index in [1.807, 2.05) is 0 Å². The zero-order chi connectivity index (χ0) is 16.2. The second-order valence-electron chi connectivity index (χ2n) is 4.71. The molecule has 0 spiro atoms. The van der Waals surface area contributed by atoms with Crippen LogP contribution in [0.1, 0.15) is 24.9 Å². The number of Topliss-reactive ketones (excluding diaryl/α,β-unsaturated/α-hetero) is 1. The number of hydrogen-bond acceptors (Lipinski definition) is 4. The number of halogens is 3. The van der Waals surface area contributed by atoms with Gasteiger partial charge in [0.2, 0.25) is 0 Å². The predicted octanol–water partition coefficient (Wildman–Crippen LogP) is 2.94. The van der Waals surface area contributed by atoms with Gasteiger partial charge in [0.15, 0.2) is 5.78 Å². The van der Waals surface area contributed by atoms with E-state index in [0.717, 1.165) is 5.56 Å². The molecule has 8 heteroatoms. The molecular weight excluding hydrogens is 299 g/mol. The number of ketones is 1. The fourth-order valence-corrected chi connectivity index (χ4v) is 1.90. The van der Waals surface area contributed by atoms with E-state index in [1.54, 1.807) is 6.92 Å². The molecule has 0 aliphatic heterocycles. The number of ether oxygens (including phenoxy) is 1. The first-order valence-corrected chi connectivity index (χ1v) is 6.56. The number of hydrogen-bond donors (Lipinski definition) is 0. The molecule has 0 N–H and O–H groups in total. The molecule has 0 bridgehead atoms. The van der Waals surface area contributed by atoms with Gasteiger partial charge in [0.1, 0.15) is 24.4 Å². The summed E-state index contributed by atoms with van der Waals surface area (Å²) in [5.41, 5.74) is 0.758. The van der Waals surface area contributed by atoms with Gasteiger partial charge < -0.3 is 4.74 Å². The van der Waals surface area contributed by atoms with Gasteiger partial charge in [-0.2, -0.15) is 5.10 Å². The van der Waals surface area contributed by atoms with E-state index >= 15 is 0 Å². The smallest absolute Gasteiger partial charge is 0.406 e. The summed E-state index contributed by atoms with van der Waals surface area (Å²) in [6.07, 6.45) is -1.19. The zero-order valence-electron chi connectivity index (χ0n) is 11.7. The van der Waals surface area contributed by atoms with Crippen molar-refractivity contribution in [1.82, 2.24) is 14.8 Å². The van der Waals surface area contributed by atoms with Crippen molar-refractivity contribution in [1.29, 1.82) is 0 Å². The number of nitrogens with zero attached hydrogens (tertiary/aromatic N) is 3. The van der Waals surface area contributed by atoms with Crippen molar-refractivity contribution in [2.24, 2.45) is 0 Å². The third-order valence-corrected chi connectivity index (χ3v) is 3.12. The van der Waals surface area contributed by atoms with Crippen LogP contribution < -0.4 is 4.74 Å². The highest BCUT2D eigenvalue weighted by Gasteiger charge is 2.30. The van der Waals surface area contributed by atoms with Crippen LogP contribution in [0.5, 0.6) is 5.75 Å². The molecule has 0 fully saturated rings. The minimum absolute atomic E-state index is 0.0267. The van der Waals surface area contributed by atoms with Gasteiger partial charge in [-0.05, 0) is 31.0 Å². The first-order valence-electron chi connectivity index (χ1n) is 6.56. The Labute approximate surface area is 124 Å². The Kier molecular flexibility index (Phi) is 4.79. The number of rotatable bonds is 6. The Morgan fingerprint density at radius 2 is 2.00 bits per heavy atom. The summed E-state index contributed by atoms with van der Waals surface area (Å²) in [7, 11) is 0. The van der Waals surface area contributed by atoms with Crippen LogP contribution in [0.3, 0.4) is 0 Å². The van der Waals surface area contributed by atoms with Gasteiger partial charge in [0, 0.05) is 6.42 Å². The fraction of sp³-hybridized carbons (Fsp3) is 0.357. The van der Waals surface area contributed by atoms with Crippen LogP contribution in [0.2, 0.25) is 0 Å². The molecule has 0 aliphatic rings. The average molecular weight is 313 g/mol. The Balaban J connectivity index is 1.88. The van der Waals surface area contributed by atoms with Gasteiger partial charge in [0.05, 0.1) is 0 Å². The minimum atomic E-state index is -4.70. The summed E-state index contributed by atoms with van der Waals surface area (Å²) in [5.74, 6) is -0.306. The molecule has 1 aromatic carbocycles. The number of aryl methyl sites for hydroxylation is 1.